The van der Waals surface area contributed by atoms with Gasteiger partial charge in [-0.05, 0) is 73.2 Å². The molecular weight excluding hydrogens is 324 g/mol. The number of ether oxygens (including phenoxy) is 2. The van der Waals surface area contributed by atoms with Gasteiger partial charge in [-0.25, -0.2) is 9.98 Å². The molecule has 0 spiro atoms. The minimum atomic E-state index is 0.650. The van der Waals surface area contributed by atoms with E-state index in [1.807, 2.05) is 0 Å². The zero-order valence-corrected chi connectivity index (χ0v) is 15.8. The van der Waals surface area contributed by atoms with Crippen LogP contribution in [0.1, 0.15) is 33.4 Å². The maximum absolute atomic E-state index is 5.80. The van der Waals surface area contributed by atoms with Crippen molar-refractivity contribution in [2.75, 3.05) is 26.3 Å². The molecule has 0 aliphatic carbocycles. The lowest BCUT2D eigenvalue weighted by atomic mass is 9.89. The van der Waals surface area contributed by atoms with Gasteiger partial charge in [-0.1, -0.05) is 12.1 Å². The number of rotatable bonds is 3. The van der Waals surface area contributed by atoms with E-state index in [0.717, 1.165) is 47.1 Å². The molecule has 0 fully saturated rings. The number of aryl methyl sites for hydroxylation is 4. The van der Waals surface area contributed by atoms with Gasteiger partial charge in [-0.3, -0.25) is 0 Å². The van der Waals surface area contributed by atoms with Crippen LogP contribution in [0.25, 0.3) is 11.1 Å². The summed E-state index contributed by atoms with van der Waals surface area (Å²) in [5.74, 6) is 1.48. The predicted octanol–water partition coefficient (Wildman–Crippen LogP) is 4.14. The Kier molecular flexibility index (Phi) is 4.27. The number of benzene rings is 2. The van der Waals surface area contributed by atoms with Crippen LogP contribution in [0.2, 0.25) is 0 Å². The SMILES string of the molecule is Cc1cc(C2=NCCO2)c(-c2cc(C)c(C)cc2C2=NCCO2)cc1C. The highest BCUT2D eigenvalue weighted by Crippen LogP contribution is 2.34. The summed E-state index contributed by atoms with van der Waals surface area (Å²) in [6.45, 7) is 11.3. The molecule has 0 saturated heterocycles. The molecule has 0 atom stereocenters. The largest absolute Gasteiger partial charge is 0.475 e. The van der Waals surface area contributed by atoms with Gasteiger partial charge in [0.25, 0.3) is 0 Å². The quantitative estimate of drug-likeness (QED) is 0.837. The van der Waals surface area contributed by atoms with Crippen molar-refractivity contribution in [3.8, 4) is 11.1 Å². The maximum atomic E-state index is 5.80. The van der Waals surface area contributed by atoms with E-state index >= 15 is 0 Å². The summed E-state index contributed by atoms with van der Waals surface area (Å²) in [4.78, 5) is 9.13. The van der Waals surface area contributed by atoms with Gasteiger partial charge in [0.15, 0.2) is 0 Å². The van der Waals surface area contributed by atoms with Crippen molar-refractivity contribution in [2.24, 2.45) is 9.98 Å². The molecular formula is C22H24N2O2. The fourth-order valence-electron chi connectivity index (χ4n) is 3.43. The van der Waals surface area contributed by atoms with E-state index < -0.39 is 0 Å². The average Bonchev–Trinajstić information content (AvgIpc) is 3.32. The van der Waals surface area contributed by atoms with E-state index in [2.05, 4.69) is 61.9 Å². The first-order valence-electron chi connectivity index (χ1n) is 9.12. The number of nitrogens with zero attached hydrogens (tertiary/aromatic N) is 2. The van der Waals surface area contributed by atoms with Crippen molar-refractivity contribution in [1.82, 2.24) is 0 Å². The van der Waals surface area contributed by atoms with Crippen LogP contribution in [0, 0.1) is 27.7 Å². The first-order chi connectivity index (χ1) is 12.5. The Bertz CT molecular complexity index is 864. The fourth-order valence-corrected chi connectivity index (χ4v) is 3.43. The Morgan fingerprint density at radius 3 is 1.23 bits per heavy atom. The van der Waals surface area contributed by atoms with Crippen molar-refractivity contribution in [1.29, 1.82) is 0 Å². The van der Waals surface area contributed by atoms with Crippen LogP contribution >= 0.6 is 0 Å². The highest BCUT2D eigenvalue weighted by molar-refractivity contribution is 6.07. The van der Waals surface area contributed by atoms with E-state index in [1.54, 1.807) is 0 Å². The highest BCUT2D eigenvalue weighted by atomic mass is 16.5. The Hall–Kier alpha value is -2.62. The van der Waals surface area contributed by atoms with Crippen molar-refractivity contribution in [3.05, 3.63) is 57.6 Å². The summed E-state index contributed by atoms with van der Waals surface area (Å²) in [6, 6.07) is 8.84. The van der Waals surface area contributed by atoms with Crippen LogP contribution in [-0.4, -0.2) is 38.1 Å². The molecule has 4 heteroatoms. The van der Waals surface area contributed by atoms with Crippen LogP contribution in [0.3, 0.4) is 0 Å². The van der Waals surface area contributed by atoms with E-state index in [0.29, 0.717) is 13.2 Å². The van der Waals surface area contributed by atoms with Crippen LogP contribution in [0.15, 0.2) is 34.3 Å². The molecule has 0 amide bonds. The molecule has 2 heterocycles. The summed E-state index contributed by atoms with van der Waals surface area (Å²) in [5, 5.41) is 0. The van der Waals surface area contributed by atoms with Crippen molar-refractivity contribution >= 4 is 11.8 Å². The standard InChI is InChI=1S/C22H24N2O2/c1-13-9-17(19(11-15(13)3)21-23-5-7-25-21)18-10-14(2)16(4)12-20(18)22-24-6-8-26-22/h9-12H,5-8H2,1-4H3. The summed E-state index contributed by atoms with van der Waals surface area (Å²) < 4.78 is 11.6. The first kappa shape index (κ1) is 16.8. The van der Waals surface area contributed by atoms with E-state index in [4.69, 9.17) is 9.47 Å². The fraction of sp³-hybridized carbons (Fsp3) is 0.364. The van der Waals surface area contributed by atoms with Crippen molar-refractivity contribution < 1.29 is 9.47 Å². The van der Waals surface area contributed by atoms with Gasteiger partial charge in [0.05, 0.1) is 13.1 Å². The zero-order valence-electron chi connectivity index (χ0n) is 15.8. The van der Waals surface area contributed by atoms with Crippen LogP contribution in [-0.2, 0) is 9.47 Å². The Morgan fingerprint density at radius 1 is 0.577 bits per heavy atom. The first-order valence-corrected chi connectivity index (χ1v) is 9.12. The third kappa shape index (κ3) is 2.90. The molecule has 2 aromatic rings. The lowest BCUT2D eigenvalue weighted by Gasteiger charge is -2.18. The van der Waals surface area contributed by atoms with Crippen LogP contribution in [0.5, 0.6) is 0 Å². The number of aliphatic imine (C=N–C) groups is 2. The van der Waals surface area contributed by atoms with E-state index in [-0.39, 0.29) is 0 Å². The topological polar surface area (TPSA) is 43.2 Å². The highest BCUT2D eigenvalue weighted by Gasteiger charge is 2.22. The minimum absolute atomic E-state index is 0.650. The minimum Gasteiger partial charge on any atom is -0.475 e. The molecule has 4 nitrogen and oxygen atoms in total. The van der Waals surface area contributed by atoms with Crippen molar-refractivity contribution in [3.63, 3.8) is 0 Å². The lowest BCUT2D eigenvalue weighted by molar-refractivity contribution is 0.348. The Balaban J connectivity index is 1.98. The van der Waals surface area contributed by atoms with Gasteiger partial charge in [-0.2, -0.15) is 0 Å². The van der Waals surface area contributed by atoms with Gasteiger partial charge in [0, 0.05) is 11.1 Å². The van der Waals surface area contributed by atoms with Gasteiger partial charge >= 0.3 is 0 Å². The monoisotopic (exact) mass is 348 g/mol. The zero-order chi connectivity index (χ0) is 18.3. The van der Waals surface area contributed by atoms with Crippen LogP contribution in [0.4, 0.5) is 0 Å². The lowest BCUT2D eigenvalue weighted by Crippen LogP contribution is -2.09. The molecule has 0 N–H and O–H groups in total. The summed E-state index contributed by atoms with van der Waals surface area (Å²) >= 11 is 0. The molecule has 2 aliphatic rings. The van der Waals surface area contributed by atoms with Gasteiger partial charge in [0.2, 0.25) is 11.8 Å². The van der Waals surface area contributed by atoms with Crippen LogP contribution < -0.4 is 0 Å². The van der Waals surface area contributed by atoms with Gasteiger partial charge in [0.1, 0.15) is 13.2 Å². The molecule has 0 aromatic heterocycles. The second kappa shape index (κ2) is 6.60. The molecule has 0 bridgehead atoms. The predicted molar refractivity (Wildman–Crippen MR) is 106 cm³/mol. The third-order valence-corrected chi connectivity index (χ3v) is 5.19. The summed E-state index contributed by atoms with van der Waals surface area (Å²) in [6.07, 6.45) is 0. The number of hydrogen-bond acceptors (Lipinski definition) is 4. The molecule has 134 valence electrons. The van der Waals surface area contributed by atoms with Gasteiger partial charge < -0.3 is 9.47 Å². The second-order valence-electron chi connectivity index (χ2n) is 7.03. The molecule has 0 radical (unpaired) electrons. The molecule has 2 aromatic carbocycles. The molecule has 0 unspecified atom stereocenters. The number of hydrogen-bond donors (Lipinski definition) is 0. The third-order valence-electron chi connectivity index (χ3n) is 5.19. The maximum Gasteiger partial charge on any atom is 0.216 e. The average molecular weight is 348 g/mol. The normalized spacial score (nSPS) is 16.2. The second-order valence-corrected chi connectivity index (χ2v) is 7.03. The van der Waals surface area contributed by atoms with E-state index in [9.17, 15) is 0 Å². The smallest absolute Gasteiger partial charge is 0.216 e. The van der Waals surface area contributed by atoms with Crippen molar-refractivity contribution in [2.45, 2.75) is 27.7 Å². The molecule has 26 heavy (non-hydrogen) atoms. The molecule has 4 rings (SSSR count). The summed E-state index contributed by atoms with van der Waals surface area (Å²) in [5.41, 5.74) is 9.34. The Labute approximate surface area is 154 Å². The Morgan fingerprint density at radius 2 is 0.923 bits per heavy atom. The van der Waals surface area contributed by atoms with E-state index in [1.165, 1.54) is 22.3 Å². The molecule has 0 saturated carbocycles. The molecule has 2 aliphatic heterocycles. The summed E-state index contributed by atoms with van der Waals surface area (Å²) in [7, 11) is 0. The van der Waals surface area contributed by atoms with Gasteiger partial charge in [-0.15, -0.1) is 0 Å².